The van der Waals surface area contributed by atoms with Crippen molar-refractivity contribution in [1.82, 2.24) is 10.3 Å². The van der Waals surface area contributed by atoms with E-state index in [1.54, 1.807) is 0 Å². The number of amides is 1. The van der Waals surface area contributed by atoms with Crippen LogP contribution in [0.25, 0.3) is 0 Å². The van der Waals surface area contributed by atoms with Gasteiger partial charge >= 0.3 is 0 Å². The van der Waals surface area contributed by atoms with Gasteiger partial charge in [0.25, 0.3) is 0 Å². The topological polar surface area (TPSA) is 88.2 Å². The van der Waals surface area contributed by atoms with Crippen LogP contribution < -0.4 is 10.6 Å². The van der Waals surface area contributed by atoms with Crippen LogP contribution in [0.3, 0.4) is 0 Å². The summed E-state index contributed by atoms with van der Waals surface area (Å²) >= 11 is 0. The Kier molecular flexibility index (Phi) is 5.44. The maximum Gasteiger partial charge on any atom is 0.228 e. The third kappa shape index (κ3) is 4.96. The maximum atomic E-state index is 11.8. The number of carbonyl (C=O) groups excluding carboxylic acids is 1. The standard InChI is InChI=1S/C12H19N3O3S/c1-4-13-7-9(2)12(16)15-10-5-6-11(14-8-10)19(3,17)18/h5-6,8-9,13H,4,7H2,1-3H3,(H,15,16). The van der Waals surface area contributed by atoms with Crippen LogP contribution in [0.15, 0.2) is 23.4 Å². The molecule has 6 nitrogen and oxygen atoms in total. The summed E-state index contributed by atoms with van der Waals surface area (Å²) in [4.78, 5) is 15.6. The Labute approximate surface area is 113 Å². The van der Waals surface area contributed by atoms with Crippen molar-refractivity contribution in [3.05, 3.63) is 18.3 Å². The summed E-state index contributed by atoms with van der Waals surface area (Å²) < 4.78 is 22.5. The summed E-state index contributed by atoms with van der Waals surface area (Å²) in [5.41, 5.74) is 0.487. The Morgan fingerprint density at radius 1 is 1.42 bits per heavy atom. The van der Waals surface area contributed by atoms with Crippen LogP contribution >= 0.6 is 0 Å². The lowest BCUT2D eigenvalue weighted by molar-refractivity contribution is -0.119. The smallest absolute Gasteiger partial charge is 0.228 e. The minimum Gasteiger partial charge on any atom is -0.324 e. The summed E-state index contributed by atoms with van der Waals surface area (Å²) in [7, 11) is -3.31. The molecular weight excluding hydrogens is 266 g/mol. The Balaban J connectivity index is 2.65. The van der Waals surface area contributed by atoms with Gasteiger partial charge in [-0.15, -0.1) is 0 Å². The zero-order chi connectivity index (χ0) is 14.5. The van der Waals surface area contributed by atoms with E-state index in [4.69, 9.17) is 0 Å². The molecule has 0 saturated heterocycles. The Morgan fingerprint density at radius 3 is 2.58 bits per heavy atom. The minimum absolute atomic E-state index is 0.00815. The summed E-state index contributed by atoms with van der Waals surface area (Å²) in [5, 5.41) is 5.77. The van der Waals surface area contributed by atoms with Crippen LogP contribution in [0, 0.1) is 5.92 Å². The van der Waals surface area contributed by atoms with E-state index in [1.807, 2.05) is 13.8 Å². The van der Waals surface area contributed by atoms with E-state index in [9.17, 15) is 13.2 Å². The average molecular weight is 285 g/mol. The molecule has 1 atom stereocenters. The highest BCUT2D eigenvalue weighted by molar-refractivity contribution is 7.90. The first-order valence-corrected chi connectivity index (χ1v) is 7.91. The molecule has 106 valence electrons. The van der Waals surface area contributed by atoms with Crippen LogP contribution in [-0.2, 0) is 14.6 Å². The molecule has 7 heteroatoms. The lowest BCUT2D eigenvalue weighted by Crippen LogP contribution is -2.30. The summed E-state index contributed by atoms with van der Waals surface area (Å²) in [6, 6.07) is 2.90. The first-order chi connectivity index (χ1) is 8.84. The Bertz CT molecular complexity index is 526. The highest BCUT2D eigenvalue weighted by atomic mass is 32.2. The molecule has 0 aliphatic carbocycles. The Morgan fingerprint density at radius 2 is 2.11 bits per heavy atom. The van der Waals surface area contributed by atoms with E-state index in [2.05, 4.69) is 15.6 Å². The number of sulfone groups is 1. The Hall–Kier alpha value is -1.47. The molecule has 0 spiro atoms. The quantitative estimate of drug-likeness (QED) is 0.802. The number of nitrogens with one attached hydrogen (secondary N) is 2. The molecule has 0 bridgehead atoms. The van der Waals surface area contributed by atoms with Gasteiger partial charge in [-0.3, -0.25) is 4.79 Å². The van der Waals surface area contributed by atoms with Crippen LogP contribution in [0.4, 0.5) is 5.69 Å². The first kappa shape index (κ1) is 15.6. The van der Waals surface area contributed by atoms with Crippen LogP contribution in [0.5, 0.6) is 0 Å². The zero-order valence-corrected chi connectivity index (χ0v) is 12.1. The molecule has 1 rings (SSSR count). The molecule has 0 radical (unpaired) electrons. The van der Waals surface area contributed by atoms with Crippen LogP contribution in [0.1, 0.15) is 13.8 Å². The van der Waals surface area contributed by atoms with Gasteiger partial charge in [0.2, 0.25) is 5.91 Å². The van der Waals surface area contributed by atoms with Crippen LogP contribution in [0.2, 0.25) is 0 Å². The second kappa shape index (κ2) is 6.63. The monoisotopic (exact) mass is 285 g/mol. The maximum absolute atomic E-state index is 11.8. The molecule has 1 aromatic heterocycles. The summed E-state index contributed by atoms with van der Waals surface area (Å²) in [6.07, 6.45) is 2.43. The van der Waals surface area contributed by atoms with Crippen molar-refractivity contribution in [2.24, 2.45) is 5.92 Å². The fourth-order valence-corrected chi connectivity index (χ4v) is 1.95. The molecule has 1 unspecified atom stereocenters. The van der Waals surface area contributed by atoms with Crippen LogP contribution in [-0.4, -0.2) is 38.7 Å². The first-order valence-electron chi connectivity index (χ1n) is 6.02. The SMILES string of the molecule is CCNCC(C)C(=O)Nc1ccc(S(C)(=O)=O)nc1. The number of hydrogen-bond acceptors (Lipinski definition) is 5. The fourth-order valence-electron chi connectivity index (χ4n) is 1.39. The van der Waals surface area contributed by atoms with Crippen molar-refractivity contribution in [3.8, 4) is 0 Å². The second-order valence-corrected chi connectivity index (χ2v) is 6.32. The highest BCUT2D eigenvalue weighted by Crippen LogP contribution is 2.11. The van der Waals surface area contributed by atoms with Gasteiger partial charge < -0.3 is 10.6 Å². The van der Waals surface area contributed by atoms with Gasteiger partial charge in [-0.1, -0.05) is 13.8 Å². The third-order valence-corrected chi connectivity index (χ3v) is 3.53. The molecule has 1 aromatic rings. The minimum atomic E-state index is -3.31. The van der Waals surface area contributed by atoms with E-state index < -0.39 is 9.84 Å². The van der Waals surface area contributed by atoms with Gasteiger partial charge in [0.1, 0.15) is 0 Å². The number of hydrogen-bond donors (Lipinski definition) is 2. The lowest BCUT2D eigenvalue weighted by Gasteiger charge is -2.12. The molecule has 0 aliphatic heterocycles. The van der Waals surface area contributed by atoms with E-state index in [0.717, 1.165) is 12.8 Å². The van der Waals surface area contributed by atoms with Crippen molar-refractivity contribution in [2.75, 3.05) is 24.7 Å². The molecule has 0 saturated carbocycles. The molecule has 0 aromatic carbocycles. The number of anilines is 1. The molecular formula is C12H19N3O3S. The predicted molar refractivity (Wildman–Crippen MR) is 73.7 cm³/mol. The van der Waals surface area contributed by atoms with Gasteiger partial charge in [-0.05, 0) is 18.7 Å². The van der Waals surface area contributed by atoms with Crippen molar-refractivity contribution < 1.29 is 13.2 Å². The average Bonchev–Trinajstić information content (AvgIpc) is 2.35. The number of rotatable bonds is 6. The van der Waals surface area contributed by atoms with Gasteiger partial charge in [0.15, 0.2) is 14.9 Å². The molecule has 0 aliphatic rings. The highest BCUT2D eigenvalue weighted by Gasteiger charge is 2.13. The molecule has 19 heavy (non-hydrogen) atoms. The van der Waals surface area contributed by atoms with Crippen molar-refractivity contribution in [2.45, 2.75) is 18.9 Å². The molecule has 1 heterocycles. The van der Waals surface area contributed by atoms with Gasteiger partial charge in [0.05, 0.1) is 11.9 Å². The summed E-state index contributed by atoms with van der Waals surface area (Å²) in [5.74, 6) is -0.301. The number of aromatic nitrogens is 1. The van der Waals surface area contributed by atoms with Gasteiger partial charge in [-0.2, -0.15) is 0 Å². The molecule has 2 N–H and O–H groups in total. The predicted octanol–water partition coefficient (Wildman–Crippen LogP) is 0.669. The molecule has 1 amide bonds. The third-order valence-electron chi connectivity index (χ3n) is 2.53. The normalized spacial score (nSPS) is 13.0. The molecule has 0 fully saturated rings. The van der Waals surface area contributed by atoms with E-state index in [1.165, 1.54) is 18.3 Å². The number of pyridine rings is 1. The summed E-state index contributed by atoms with van der Waals surface area (Å²) in [6.45, 7) is 5.19. The largest absolute Gasteiger partial charge is 0.324 e. The van der Waals surface area contributed by atoms with E-state index >= 15 is 0 Å². The van der Waals surface area contributed by atoms with Crippen molar-refractivity contribution >= 4 is 21.4 Å². The second-order valence-electron chi connectivity index (χ2n) is 4.36. The van der Waals surface area contributed by atoms with Gasteiger partial charge in [-0.25, -0.2) is 13.4 Å². The van der Waals surface area contributed by atoms with E-state index in [-0.39, 0.29) is 16.9 Å². The van der Waals surface area contributed by atoms with Crippen molar-refractivity contribution in [3.63, 3.8) is 0 Å². The van der Waals surface area contributed by atoms with Gasteiger partial charge in [0, 0.05) is 18.7 Å². The number of carbonyl (C=O) groups is 1. The zero-order valence-electron chi connectivity index (χ0n) is 11.3. The fraction of sp³-hybridized carbons (Fsp3) is 0.500. The number of nitrogens with zero attached hydrogens (tertiary/aromatic N) is 1. The van der Waals surface area contributed by atoms with E-state index in [0.29, 0.717) is 12.2 Å². The van der Waals surface area contributed by atoms with Crippen molar-refractivity contribution in [1.29, 1.82) is 0 Å². The lowest BCUT2D eigenvalue weighted by atomic mass is 10.1.